The van der Waals surface area contributed by atoms with Gasteiger partial charge in [0, 0.05) is 4.90 Å². The number of thioether (sulfide) groups is 1. The van der Waals surface area contributed by atoms with Gasteiger partial charge in [-0.25, -0.2) is 4.79 Å². The summed E-state index contributed by atoms with van der Waals surface area (Å²) >= 11 is 1.69. The van der Waals surface area contributed by atoms with Crippen molar-refractivity contribution in [2.45, 2.75) is 4.90 Å². The monoisotopic (exact) mass is 286 g/mol. The molecule has 102 valence electrons. The first-order valence-corrected chi connectivity index (χ1v) is 7.18. The van der Waals surface area contributed by atoms with E-state index in [0.717, 1.165) is 5.56 Å². The van der Waals surface area contributed by atoms with Crippen molar-refractivity contribution in [3.63, 3.8) is 0 Å². The molecule has 0 spiro atoms. The van der Waals surface area contributed by atoms with Gasteiger partial charge in [-0.05, 0) is 42.2 Å². The number of rotatable bonds is 5. The first-order valence-electron chi connectivity index (χ1n) is 5.95. The quantitative estimate of drug-likeness (QED) is 0.501. The molecule has 0 saturated heterocycles. The first kappa shape index (κ1) is 14.1. The van der Waals surface area contributed by atoms with Gasteiger partial charge in [-0.15, -0.1) is 11.8 Å². The lowest BCUT2D eigenvalue weighted by atomic mass is 10.2. The van der Waals surface area contributed by atoms with Gasteiger partial charge in [0.1, 0.15) is 0 Å². The summed E-state index contributed by atoms with van der Waals surface area (Å²) in [6, 6.07) is 14.5. The second-order valence-corrected chi connectivity index (χ2v) is 4.91. The van der Waals surface area contributed by atoms with Crippen LogP contribution in [-0.4, -0.2) is 23.5 Å². The number of hydrogen-bond donors (Lipinski definition) is 2. The van der Waals surface area contributed by atoms with Gasteiger partial charge in [0.2, 0.25) is 0 Å². The zero-order valence-corrected chi connectivity index (χ0v) is 11.7. The minimum atomic E-state index is -0.953. The molecule has 4 nitrogen and oxygen atoms in total. The van der Waals surface area contributed by atoms with E-state index in [2.05, 4.69) is 10.5 Å². The Balaban J connectivity index is 2.02. The number of aromatic carboxylic acids is 1. The summed E-state index contributed by atoms with van der Waals surface area (Å²) in [5.41, 5.74) is 4.67. The molecule has 0 heterocycles. The number of nitrogens with zero attached hydrogens (tertiary/aromatic N) is 1. The third kappa shape index (κ3) is 3.86. The Morgan fingerprint density at radius 2 is 2.00 bits per heavy atom. The molecule has 0 saturated carbocycles. The third-order valence-corrected chi connectivity index (χ3v) is 3.38. The average molecular weight is 286 g/mol. The summed E-state index contributed by atoms with van der Waals surface area (Å²) in [6.07, 6.45) is 3.72. The SMILES string of the molecule is CSc1ccc(C=NNc2cccc(C(=O)O)c2)cc1. The Labute approximate surface area is 121 Å². The van der Waals surface area contributed by atoms with Crippen LogP contribution in [0.3, 0.4) is 0 Å². The molecular weight excluding hydrogens is 272 g/mol. The molecule has 0 unspecified atom stereocenters. The number of carboxylic acid groups (broad SMARTS) is 1. The molecule has 2 N–H and O–H groups in total. The summed E-state index contributed by atoms with van der Waals surface area (Å²) in [5.74, 6) is -0.953. The van der Waals surface area contributed by atoms with Crippen molar-refractivity contribution in [3.05, 3.63) is 59.7 Å². The van der Waals surface area contributed by atoms with Gasteiger partial charge in [0.15, 0.2) is 0 Å². The number of hydrogen-bond acceptors (Lipinski definition) is 4. The van der Waals surface area contributed by atoms with Crippen LogP contribution < -0.4 is 5.43 Å². The Hall–Kier alpha value is -2.27. The molecule has 0 aliphatic heterocycles. The molecule has 2 rings (SSSR count). The Morgan fingerprint density at radius 1 is 1.25 bits per heavy atom. The van der Waals surface area contributed by atoms with Crippen molar-refractivity contribution in [1.29, 1.82) is 0 Å². The van der Waals surface area contributed by atoms with E-state index in [4.69, 9.17) is 5.11 Å². The lowest BCUT2D eigenvalue weighted by Gasteiger charge is -2.01. The van der Waals surface area contributed by atoms with Crippen molar-refractivity contribution in [2.75, 3.05) is 11.7 Å². The van der Waals surface area contributed by atoms with E-state index in [1.54, 1.807) is 36.2 Å². The number of hydrazone groups is 1. The lowest BCUT2D eigenvalue weighted by Crippen LogP contribution is -1.97. The van der Waals surface area contributed by atoms with Crippen LogP contribution in [0.1, 0.15) is 15.9 Å². The molecule has 0 fully saturated rings. The van der Waals surface area contributed by atoms with Gasteiger partial charge in [0.25, 0.3) is 0 Å². The molecule has 0 bridgehead atoms. The molecule has 5 heteroatoms. The topological polar surface area (TPSA) is 61.7 Å². The first-order chi connectivity index (χ1) is 9.69. The summed E-state index contributed by atoms with van der Waals surface area (Å²) in [7, 11) is 0. The highest BCUT2D eigenvalue weighted by Crippen LogP contribution is 2.14. The van der Waals surface area contributed by atoms with Crippen LogP contribution in [0.15, 0.2) is 58.5 Å². The number of anilines is 1. The van der Waals surface area contributed by atoms with E-state index in [1.165, 1.54) is 11.0 Å². The smallest absolute Gasteiger partial charge is 0.335 e. The van der Waals surface area contributed by atoms with Crippen LogP contribution in [0.4, 0.5) is 5.69 Å². The zero-order chi connectivity index (χ0) is 14.4. The largest absolute Gasteiger partial charge is 0.478 e. The van der Waals surface area contributed by atoms with E-state index in [9.17, 15) is 4.79 Å². The van der Waals surface area contributed by atoms with E-state index in [0.29, 0.717) is 5.69 Å². The van der Waals surface area contributed by atoms with E-state index >= 15 is 0 Å². The fourth-order valence-electron chi connectivity index (χ4n) is 1.59. The second-order valence-electron chi connectivity index (χ2n) is 4.03. The molecule has 20 heavy (non-hydrogen) atoms. The number of nitrogens with one attached hydrogen (secondary N) is 1. The van der Waals surface area contributed by atoms with Crippen molar-refractivity contribution >= 4 is 29.6 Å². The lowest BCUT2D eigenvalue weighted by molar-refractivity contribution is 0.0697. The minimum absolute atomic E-state index is 0.231. The average Bonchev–Trinajstić information content (AvgIpc) is 2.48. The van der Waals surface area contributed by atoms with Gasteiger partial charge in [-0.2, -0.15) is 5.10 Å². The normalized spacial score (nSPS) is 10.7. The van der Waals surface area contributed by atoms with E-state index in [-0.39, 0.29) is 5.56 Å². The maximum atomic E-state index is 10.8. The molecule has 2 aromatic rings. The van der Waals surface area contributed by atoms with Crippen molar-refractivity contribution in [1.82, 2.24) is 0 Å². The molecular formula is C15H14N2O2S. The molecule has 2 aromatic carbocycles. The predicted molar refractivity (Wildman–Crippen MR) is 82.8 cm³/mol. The van der Waals surface area contributed by atoms with Gasteiger partial charge in [0.05, 0.1) is 17.5 Å². The summed E-state index contributed by atoms with van der Waals surface area (Å²) in [6.45, 7) is 0. The molecule has 0 aliphatic rings. The van der Waals surface area contributed by atoms with Gasteiger partial charge < -0.3 is 5.11 Å². The number of carboxylic acids is 1. The van der Waals surface area contributed by atoms with Crippen LogP contribution in [0.25, 0.3) is 0 Å². The summed E-state index contributed by atoms with van der Waals surface area (Å²) in [4.78, 5) is 12.0. The van der Waals surface area contributed by atoms with E-state index < -0.39 is 5.97 Å². The molecule has 0 aromatic heterocycles. The standard InChI is InChI=1S/C15H14N2O2S/c1-20-14-7-5-11(6-8-14)10-16-17-13-4-2-3-12(9-13)15(18)19/h2-10,17H,1H3,(H,18,19). The highest BCUT2D eigenvalue weighted by molar-refractivity contribution is 7.98. The summed E-state index contributed by atoms with van der Waals surface area (Å²) < 4.78 is 0. The predicted octanol–water partition coefficient (Wildman–Crippen LogP) is 3.55. The Kier molecular flexibility index (Phi) is 4.79. The van der Waals surface area contributed by atoms with Crippen LogP contribution in [-0.2, 0) is 0 Å². The molecule has 0 aliphatic carbocycles. The number of benzene rings is 2. The third-order valence-electron chi connectivity index (χ3n) is 2.63. The minimum Gasteiger partial charge on any atom is -0.478 e. The van der Waals surface area contributed by atoms with Crippen LogP contribution in [0.2, 0.25) is 0 Å². The highest BCUT2D eigenvalue weighted by atomic mass is 32.2. The summed E-state index contributed by atoms with van der Waals surface area (Å²) in [5, 5.41) is 13.0. The fraction of sp³-hybridized carbons (Fsp3) is 0.0667. The number of carbonyl (C=O) groups is 1. The molecule has 0 amide bonds. The van der Waals surface area contributed by atoms with Crippen LogP contribution >= 0.6 is 11.8 Å². The Morgan fingerprint density at radius 3 is 2.65 bits per heavy atom. The van der Waals surface area contributed by atoms with Crippen molar-refractivity contribution in [2.24, 2.45) is 5.10 Å². The zero-order valence-electron chi connectivity index (χ0n) is 10.9. The highest BCUT2D eigenvalue weighted by Gasteiger charge is 2.01. The molecule has 0 atom stereocenters. The van der Waals surface area contributed by atoms with E-state index in [1.807, 2.05) is 30.5 Å². The maximum Gasteiger partial charge on any atom is 0.335 e. The van der Waals surface area contributed by atoms with Gasteiger partial charge >= 0.3 is 5.97 Å². The Bertz CT molecular complexity index is 624. The van der Waals surface area contributed by atoms with Crippen LogP contribution in [0, 0.1) is 0 Å². The van der Waals surface area contributed by atoms with Gasteiger partial charge in [-0.1, -0.05) is 18.2 Å². The fourth-order valence-corrected chi connectivity index (χ4v) is 2.00. The van der Waals surface area contributed by atoms with Crippen LogP contribution in [0.5, 0.6) is 0 Å². The van der Waals surface area contributed by atoms with Gasteiger partial charge in [-0.3, -0.25) is 5.43 Å². The molecule has 0 radical (unpaired) electrons. The second kappa shape index (κ2) is 6.77. The maximum absolute atomic E-state index is 10.8. The van der Waals surface area contributed by atoms with Crippen molar-refractivity contribution in [3.8, 4) is 0 Å². The van der Waals surface area contributed by atoms with Crippen molar-refractivity contribution < 1.29 is 9.90 Å².